The first-order valence-corrected chi connectivity index (χ1v) is 5.39. The molecule has 3 N–H and O–H groups in total. The molecule has 16 heavy (non-hydrogen) atoms. The summed E-state index contributed by atoms with van der Waals surface area (Å²) in [6.45, 7) is 2.44. The monoisotopic (exact) mass is 242 g/mol. The standard InChI is InChI=1S/C11H15ClN2O2/c1-8(13)11(15)14-5-6-16-10-4-2-3-9(12)7-10/h2-4,7-8H,5-6,13H2,1H3,(H,14,15)/t8-/m0/s1. The summed E-state index contributed by atoms with van der Waals surface area (Å²) in [6.07, 6.45) is 0. The summed E-state index contributed by atoms with van der Waals surface area (Å²) in [6, 6.07) is 6.60. The number of halogens is 1. The molecule has 0 fully saturated rings. The Labute approximate surface area is 99.7 Å². The molecule has 0 spiro atoms. The molecule has 4 nitrogen and oxygen atoms in total. The largest absolute Gasteiger partial charge is 0.492 e. The molecule has 0 unspecified atom stereocenters. The second kappa shape index (κ2) is 6.35. The first-order valence-electron chi connectivity index (χ1n) is 5.01. The zero-order chi connectivity index (χ0) is 12.0. The Bertz CT molecular complexity index is 356. The summed E-state index contributed by atoms with van der Waals surface area (Å²) in [5.74, 6) is 0.497. The van der Waals surface area contributed by atoms with Crippen LogP contribution in [-0.2, 0) is 4.79 Å². The van der Waals surface area contributed by atoms with E-state index in [1.54, 1.807) is 31.2 Å². The van der Waals surface area contributed by atoms with Crippen LogP contribution in [0.3, 0.4) is 0 Å². The lowest BCUT2D eigenvalue weighted by Gasteiger charge is -2.09. The molecule has 0 heterocycles. The maximum Gasteiger partial charge on any atom is 0.236 e. The number of nitrogens with one attached hydrogen (secondary N) is 1. The van der Waals surface area contributed by atoms with Crippen LogP contribution in [-0.4, -0.2) is 25.1 Å². The van der Waals surface area contributed by atoms with E-state index in [4.69, 9.17) is 22.1 Å². The lowest BCUT2D eigenvalue weighted by molar-refractivity contribution is -0.122. The van der Waals surface area contributed by atoms with Crippen LogP contribution in [0.5, 0.6) is 5.75 Å². The Morgan fingerprint density at radius 3 is 3.00 bits per heavy atom. The Hall–Kier alpha value is -1.26. The van der Waals surface area contributed by atoms with Gasteiger partial charge in [0.05, 0.1) is 12.6 Å². The molecule has 5 heteroatoms. The average molecular weight is 243 g/mol. The molecule has 1 aromatic rings. The van der Waals surface area contributed by atoms with Crippen molar-refractivity contribution in [2.24, 2.45) is 5.73 Å². The number of rotatable bonds is 5. The molecule has 1 atom stereocenters. The van der Waals surface area contributed by atoms with Crippen molar-refractivity contribution in [2.45, 2.75) is 13.0 Å². The van der Waals surface area contributed by atoms with Gasteiger partial charge in [-0.2, -0.15) is 0 Å². The van der Waals surface area contributed by atoms with Crippen molar-refractivity contribution in [3.05, 3.63) is 29.3 Å². The quantitative estimate of drug-likeness (QED) is 0.763. The summed E-state index contributed by atoms with van der Waals surface area (Å²) in [5.41, 5.74) is 5.38. The molecule has 0 saturated heterocycles. The van der Waals surface area contributed by atoms with Gasteiger partial charge in [0.1, 0.15) is 12.4 Å². The molecular formula is C11H15ClN2O2. The Kier molecular flexibility index (Phi) is 5.08. The smallest absolute Gasteiger partial charge is 0.236 e. The van der Waals surface area contributed by atoms with Crippen LogP contribution in [0.4, 0.5) is 0 Å². The number of amides is 1. The van der Waals surface area contributed by atoms with Crippen LogP contribution >= 0.6 is 11.6 Å². The third kappa shape index (κ3) is 4.51. The van der Waals surface area contributed by atoms with E-state index in [9.17, 15) is 4.79 Å². The molecule has 1 amide bonds. The minimum atomic E-state index is -0.494. The molecular weight excluding hydrogens is 228 g/mol. The fourth-order valence-corrected chi connectivity index (χ4v) is 1.24. The maximum absolute atomic E-state index is 11.1. The molecule has 1 aromatic carbocycles. The van der Waals surface area contributed by atoms with Crippen molar-refractivity contribution < 1.29 is 9.53 Å². The van der Waals surface area contributed by atoms with Crippen molar-refractivity contribution in [3.63, 3.8) is 0 Å². The first-order chi connectivity index (χ1) is 7.59. The van der Waals surface area contributed by atoms with Crippen LogP contribution in [0.25, 0.3) is 0 Å². The molecule has 1 rings (SSSR count). The summed E-state index contributed by atoms with van der Waals surface area (Å²) >= 11 is 5.78. The molecule has 0 radical (unpaired) electrons. The molecule has 0 aliphatic carbocycles. The van der Waals surface area contributed by atoms with Gasteiger partial charge in [-0.05, 0) is 25.1 Å². The van der Waals surface area contributed by atoms with Crippen LogP contribution in [0.2, 0.25) is 5.02 Å². The number of nitrogens with two attached hydrogens (primary N) is 1. The SMILES string of the molecule is C[C@H](N)C(=O)NCCOc1cccc(Cl)c1. The summed E-state index contributed by atoms with van der Waals surface area (Å²) in [7, 11) is 0. The number of hydrogen-bond donors (Lipinski definition) is 2. The Morgan fingerprint density at radius 1 is 1.62 bits per heavy atom. The lowest BCUT2D eigenvalue weighted by atomic mass is 10.3. The third-order valence-corrected chi connectivity index (χ3v) is 2.11. The molecule has 0 aliphatic rings. The van der Waals surface area contributed by atoms with Gasteiger partial charge in [0.15, 0.2) is 0 Å². The van der Waals surface area contributed by atoms with Gasteiger partial charge >= 0.3 is 0 Å². The van der Waals surface area contributed by atoms with Gasteiger partial charge < -0.3 is 15.8 Å². The van der Waals surface area contributed by atoms with Crippen molar-refractivity contribution in [1.82, 2.24) is 5.32 Å². The highest BCUT2D eigenvalue weighted by molar-refractivity contribution is 6.30. The number of ether oxygens (including phenoxy) is 1. The van der Waals surface area contributed by atoms with E-state index >= 15 is 0 Å². The van der Waals surface area contributed by atoms with Crippen molar-refractivity contribution >= 4 is 17.5 Å². The van der Waals surface area contributed by atoms with E-state index in [0.29, 0.717) is 23.9 Å². The fourth-order valence-electron chi connectivity index (χ4n) is 1.06. The number of benzene rings is 1. The second-order valence-corrected chi connectivity index (χ2v) is 3.82. The van der Waals surface area contributed by atoms with E-state index in [-0.39, 0.29) is 5.91 Å². The van der Waals surface area contributed by atoms with Crippen LogP contribution in [0.15, 0.2) is 24.3 Å². The van der Waals surface area contributed by atoms with Gasteiger partial charge in [0.2, 0.25) is 5.91 Å². The zero-order valence-electron chi connectivity index (χ0n) is 9.07. The topological polar surface area (TPSA) is 64.4 Å². The highest BCUT2D eigenvalue weighted by atomic mass is 35.5. The first kappa shape index (κ1) is 12.8. The van der Waals surface area contributed by atoms with E-state index < -0.39 is 6.04 Å². The van der Waals surface area contributed by atoms with Crippen LogP contribution in [0, 0.1) is 0 Å². The van der Waals surface area contributed by atoms with E-state index in [1.807, 2.05) is 0 Å². The highest BCUT2D eigenvalue weighted by Gasteiger charge is 2.05. The molecule has 0 aliphatic heterocycles. The van der Waals surface area contributed by atoms with Crippen molar-refractivity contribution in [3.8, 4) is 5.75 Å². The van der Waals surface area contributed by atoms with Gasteiger partial charge in [-0.25, -0.2) is 0 Å². The number of hydrogen-bond acceptors (Lipinski definition) is 3. The lowest BCUT2D eigenvalue weighted by Crippen LogP contribution is -2.40. The third-order valence-electron chi connectivity index (χ3n) is 1.88. The van der Waals surface area contributed by atoms with Gasteiger partial charge in [0, 0.05) is 5.02 Å². The van der Waals surface area contributed by atoms with Crippen molar-refractivity contribution in [2.75, 3.05) is 13.2 Å². The normalized spacial score (nSPS) is 11.9. The van der Waals surface area contributed by atoms with Crippen molar-refractivity contribution in [1.29, 1.82) is 0 Å². The predicted molar refractivity (Wildman–Crippen MR) is 63.6 cm³/mol. The molecule has 0 aromatic heterocycles. The maximum atomic E-state index is 11.1. The van der Waals surface area contributed by atoms with Gasteiger partial charge in [-0.1, -0.05) is 17.7 Å². The molecule has 0 saturated carbocycles. The van der Waals surface area contributed by atoms with Crippen LogP contribution in [0.1, 0.15) is 6.92 Å². The predicted octanol–water partition coefficient (Wildman–Crippen LogP) is 1.18. The average Bonchev–Trinajstić information content (AvgIpc) is 2.24. The Balaban J connectivity index is 2.23. The van der Waals surface area contributed by atoms with E-state index in [2.05, 4.69) is 5.32 Å². The zero-order valence-corrected chi connectivity index (χ0v) is 9.83. The minimum absolute atomic E-state index is 0.185. The molecule has 0 bridgehead atoms. The van der Waals surface area contributed by atoms with Gasteiger partial charge in [0.25, 0.3) is 0 Å². The van der Waals surface area contributed by atoms with Gasteiger partial charge in [-0.3, -0.25) is 4.79 Å². The number of carbonyl (C=O) groups is 1. The minimum Gasteiger partial charge on any atom is -0.492 e. The van der Waals surface area contributed by atoms with Crippen LogP contribution < -0.4 is 15.8 Å². The summed E-state index contributed by atoms with van der Waals surface area (Å²) < 4.78 is 5.38. The highest BCUT2D eigenvalue weighted by Crippen LogP contribution is 2.16. The Morgan fingerprint density at radius 2 is 2.38 bits per heavy atom. The summed E-state index contributed by atoms with van der Waals surface area (Å²) in [5, 5.41) is 3.27. The van der Waals surface area contributed by atoms with Gasteiger partial charge in [-0.15, -0.1) is 0 Å². The van der Waals surface area contributed by atoms with E-state index in [1.165, 1.54) is 0 Å². The number of carbonyl (C=O) groups excluding carboxylic acids is 1. The van der Waals surface area contributed by atoms with E-state index in [0.717, 1.165) is 0 Å². The second-order valence-electron chi connectivity index (χ2n) is 3.39. The fraction of sp³-hybridized carbons (Fsp3) is 0.364. The summed E-state index contributed by atoms with van der Waals surface area (Å²) in [4.78, 5) is 11.1. The molecule has 88 valence electrons.